The Bertz CT molecular complexity index is 644. The molecule has 0 saturated carbocycles. The summed E-state index contributed by atoms with van der Waals surface area (Å²) >= 11 is 0. The van der Waals surface area contributed by atoms with Crippen LogP contribution in [-0.4, -0.2) is 33.5 Å². The molecule has 6 heteroatoms. The first-order valence-corrected chi connectivity index (χ1v) is 7.63. The van der Waals surface area contributed by atoms with Crippen LogP contribution in [0.2, 0.25) is 0 Å². The van der Waals surface area contributed by atoms with Crippen molar-refractivity contribution in [3.63, 3.8) is 0 Å². The van der Waals surface area contributed by atoms with Gasteiger partial charge in [-0.2, -0.15) is 0 Å². The van der Waals surface area contributed by atoms with Crippen LogP contribution in [0.15, 0.2) is 48.5 Å². The van der Waals surface area contributed by atoms with Crippen molar-refractivity contribution in [2.75, 3.05) is 27.5 Å². The fourth-order valence-corrected chi connectivity index (χ4v) is 2.09. The van der Waals surface area contributed by atoms with E-state index in [4.69, 9.17) is 14.2 Å². The fourth-order valence-electron chi connectivity index (χ4n) is 2.09. The van der Waals surface area contributed by atoms with Gasteiger partial charge in [0.2, 0.25) is 0 Å². The number of nitrogens with one attached hydrogen (secondary N) is 2. The number of methoxy groups -OCH3 is 2. The second-order valence-electron chi connectivity index (χ2n) is 4.97. The molecule has 0 unspecified atom stereocenters. The molecule has 2 amide bonds. The molecule has 2 aromatic carbocycles. The van der Waals surface area contributed by atoms with Crippen molar-refractivity contribution < 1.29 is 19.0 Å². The molecule has 0 aliphatic carbocycles. The Labute approximate surface area is 141 Å². The van der Waals surface area contributed by atoms with Crippen LogP contribution in [-0.2, 0) is 6.42 Å². The molecule has 2 N–H and O–H groups in total. The van der Waals surface area contributed by atoms with Crippen LogP contribution in [0.4, 0.5) is 4.79 Å². The van der Waals surface area contributed by atoms with Gasteiger partial charge in [-0.15, -0.1) is 0 Å². The van der Waals surface area contributed by atoms with Gasteiger partial charge >= 0.3 is 6.03 Å². The van der Waals surface area contributed by atoms with Gasteiger partial charge in [0.25, 0.3) is 0 Å². The van der Waals surface area contributed by atoms with Crippen molar-refractivity contribution in [1.82, 2.24) is 10.6 Å². The van der Waals surface area contributed by atoms with Gasteiger partial charge in [-0.3, -0.25) is 0 Å². The lowest BCUT2D eigenvalue weighted by Crippen LogP contribution is -2.38. The monoisotopic (exact) mass is 330 g/mol. The minimum Gasteiger partial charge on any atom is -0.497 e. The molecular weight excluding hydrogens is 308 g/mol. The van der Waals surface area contributed by atoms with Gasteiger partial charge in [0, 0.05) is 6.54 Å². The molecule has 0 aliphatic rings. The van der Waals surface area contributed by atoms with E-state index in [1.807, 2.05) is 36.4 Å². The van der Waals surface area contributed by atoms with Crippen LogP contribution in [0, 0.1) is 0 Å². The fraction of sp³-hybridized carbons (Fsp3) is 0.278. The highest BCUT2D eigenvalue weighted by molar-refractivity contribution is 5.73. The Hall–Kier alpha value is -2.89. The van der Waals surface area contributed by atoms with Crippen LogP contribution in [0.25, 0.3) is 0 Å². The quantitative estimate of drug-likeness (QED) is 0.730. The lowest BCUT2D eigenvalue weighted by atomic mass is 10.1. The number of benzene rings is 2. The molecule has 0 heterocycles. The van der Waals surface area contributed by atoms with E-state index in [9.17, 15) is 4.79 Å². The second-order valence-corrected chi connectivity index (χ2v) is 4.97. The second kappa shape index (κ2) is 9.29. The van der Waals surface area contributed by atoms with E-state index in [0.29, 0.717) is 18.0 Å². The highest BCUT2D eigenvalue weighted by atomic mass is 16.5. The molecular formula is C18H22N2O4. The summed E-state index contributed by atoms with van der Waals surface area (Å²) in [6, 6.07) is 14.7. The molecule has 0 bridgehead atoms. The molecule has 128 valence electrons. The lowest BCUT2D eigenvalue weighted by molar-refractivity contribution is 0.221. The maximum atomic E-state index is 11.7. The molecule has 0 radical (unpaired) electrons. The first-order valence-electron chi connectivity index (χ1n) is 7.63. The van der Waals surface area contributed by atoms with E-state index < -0.39 is 0 Å². The number of carbonyl (C=O) groups excluding carboxylic acids is 1. The summed E-state index contributed by atoms with van der Waals surface area (Å²) in [5.41, 5.74) is 1.13. The molecule has 24 heavy (non-hydrogen) atoms. The average molecular weight is 330 g/mol. The zero-order chi connectivity index (χ0) is 17.2. The maximum Gasteiger partial charge on any atom is 0.317 e. The summed E-state index contributed by atoms with van der Waals surface area (Å²) in [7, 11) is 3.20. The number of ether oxygens (including phenoxy) is 3. The molecule has 0 aromatic heterocycles. The first kappa shape index (κ1) is 17.5. The van der Waals surface area contributed by atoms with E-state index in [1.54, 1.807) is 26.4 Å². The first-order chi connectivity index (χ1) is 11.7. The Morgan fingerprint density at radius 2 is 1.62 bits per heavy atom. The highest BCUT2D eigenvalue weighted by Gasteiger charge is 2.04. The molecule has 0 saturated heterocycles. The summed E-state index contributed by atoms with van der Waals surface area (Å²) < 4.78 is 15.8. The van der Waals surface area contributed by atoms with Crippen molar-refractivity contribution in [2.24, 2.45) is 0 Å². The van der Waals surface area contributed by atoms with E-state index in [1.165, 1.54) is 0 Å². The van der Waals surface area contributed by atoms with Crippen LogP contribution in [0.5, 0.6) is 17.2 Å². The van der Waals surface area contributed by atoms with Crippen LogP contribution in [0.1, 0.15) is 5.56 Å². The number of hydrogen-bond acceptors (Lipinski definition) is 4. The third-order valence-corrected chi connectivity index (χ3v) is 3.39. The van der Waals surface area contributed by atoms with Gasteiger partial charge in [0.05, 0.1) is 14.2 Å². The van der Waals surface area contributed by atoms with Gasteiger partial charge in [-0.1, -0.05) is 24.3 Å². The molecule has 2 aromatic rings. The standard InChI is InChI=1S/C18H22N2O4/c1-22-15-9-7-14(8-10-15)11-12-19-18(21)20-13-24-17-6-4-3-5-16(17)23-2/h3-10H,11-13H2,1-2H3,(H2,19,20,21). The zero-order valence-electron chi connectivity index (χ0n) is 13.9. The molecule has 0 atom stereocenters. The van der Waals surface area contributed by atoms with Gasteiger partial charge in [0.1, 0.15) is 5.75 Å². The highest BCUT2D eigenvalue weighted by Crippen LogP contribution is 2.25. The third kappa shape index (κ3) is 5.39. The minimum atomic E-state index is -0.279. The Morgan fingerprint density at radius 3 is 2.29 bits per heavy atom. The van der Waals surface area contributed by atoms with Crippen LogP contribution < -0.4 is 24.8 Å². The Morgan fingerprint density at radius 1 is 0.917 bits per heavy atom. The number of hydrogen-bond donors (Lipinski definition) is 2. The number of urea groups is 1. The normalized spacial score (nSPS) is 9.92. The third-order valence-electron chi connectivity index (χ3n) is 3.39. The summed E-state index contributed by atoms with van der Waals surface area (Å²) in [5.74, 6) is 2.02. The number of carbonyl (C=O) groups is 1. The Balaban J connectivity index is 1.66. The van der Waals surface area contributed by atoms with E-state index in [0.717, 1.165) is 17.7 Å². The van der Waals surface area contributed by atoms with Crippen molar-refractivity contribution >= 4 is 6.03 Å². The van der Waals surface area contributed by atoms with Crippen LogP contribution >= 0.6 is 0 Å². The number of rotatable bonds is 8. The maximum absolute atomic E-state index is 11.7. The topological polar surface area (TPSA) is 68.8 Å². The van der Waals surface area contributed by atoms with Crippen molar-refractivity contribution in [3.8, 4) is 17.2 Å². The molecule has 6 nitrogen and oxygen atoms in total. The summed E-state index contributed by atoms with van der Waals surface area (Å²) in [5, 5.41) is 5.42. The molecule has 0 fully saturated rings. The smallest absolute Gasteiger partial charge is 0.317 e. The predicted octanol–water partition coefficient (Wildman–Crippen LogP) is 2.58. The van der Waals surface area contributed by atoms with Crippen LogP contribution in [0.3, 0.4) is 0 Å². The molecule has 2 rings (SSSR count). The summed E-state index contributed by atoms with van der Waals surface area (Å²) in [4.78, 5) is 11.7. The predicted molar refractivity (Wildman–Crippen MR) is 91.7 cm³/mol. The average Bonchev–Trinajstić information content (AvgIpc) is 2.62. The summed E-state index contributed by atoms with van der Waals surface area (Å²) in [6.45, 7) is 0.599. The van der Waals surface area contributed by atoms with E-state index in [2.05, 4.69) is 10.6 Å². The largest absolute Gasteiger partial charge is 0.497 e. The number of amides is 2. The van der Waals surface area contributed by atoms with Crippen molar-refractivity contribution in [3.05, 3.63) is 54.1 Å². The molecule has 0 spiro atoms. The van der Waals surface area contributed by atoms with E-state index in [-0.39, 0.29) is 12.8 Å². The van der Waals surface area contributed by atoms with Gasteiger partial charge in [0.15, 0.2) is 18.2 Å². The SMILES string of the molecule is COc1ccc(CCNC(=O)NCOc2ccccc2OC)cc1. The van der Waals surface area contributed by atoms with E-state index >= 15 is 0 Å². The zero-order valence-corrected chi connectivity index (χ0v) is 13.9. The van der Waals surface area contributed by atoms with Gasteiger partial charge < -0.3 is 24.8 Å². The van der Waals surface area contributed by atoms with Crippen molar-refractivity contribution in [1.29, 1.82) is 0 Å². The lowest BCUT2D eigenvalue weighted by Gasteiger charge is -2.11. The minimum absolute atomic E-state index is 0.0642. The Kier molecular flexibility index (Phi) is 6.76. The van der Waals surface area contributed by atoms with Gasteiger partial charge in [-0.25, -0.2) is 4.79 Å². The van der Waals surface area contributed by atoms with Crippen molar-refractivity contribution in [2.45, 2.75) is 6.42 Å². The molecule has 0 aliphatic heterocycles. The van der Waals surface area contributed by atoms with Gasteiger partial charge in [-0.05, 0) is 36.2 Å². The summed E-state index contributed by atoms with van der Waals surface area (Å²) in [6.07, 6.45) is 0.741. The number of para-hydroxylation sites is 2.